The SMILES string of the molecule is COc1ccc(NC(=O)[C@@H](c2ccccc2)N2CC=C(c3ccccc3)CC2)cc1Cl. The van der Waals surface area contributed by atoms with Gasteiger partial charge < -0.3 is 10.1 Å². The Hall–Kier alpha value is -3.08. The van der Waals surface area contributed by atoms with E-state index >= 15 is 0 Å². The van der Waals surface area contributed by atoms with Crippen LogP contribution in [0.3, 0.4) is 0 Å². The summed E-state index contributed by atoms with van der Waals surface area (Å²) in [5.74, 6) is 0.498. The number of ether oxygens (including phenoxy) is 1. The van der Waals surface area contributed by atoms with Crippen molar-refractivity contribution in [3.05, 3.63) is 101 Å². The third kappa shape index (κ3) is 4.98. The van der Waals surface area contributed by atoms with Crippen molar-refractivity contribution in [3.63, 3.8) is 0 Å². The molecule has 0 unspecified atom stereocenters. The summed E-state index contributed by atoms with van der Waals surface area (Å²) in [4.78, 5) is 15.6. The lowest BCUT2D eigenvalue weighted by molar-refractivity contribution is -0.121. The molecule has 0 spiro atoms. The van der Waals surface area contributed by atoms with Gasteiger partial charge in [0.15, 0.2) is 0 Å². The third-order valence-corrected chi connectivity index (χ3v) is 5.83. The molecule has 0 fully saturated rings. The van der Waals surface area contributed by atoms with Crippen molar-refractivity contribution in [1.82, 2.24) is 4.90 Å². The van der Waals surface area contributed by atoms with Crippen LogP contribution in [0.1, 0.15) is 23.6 Å². The van der Waals surface area contributed by atoms with Crippen LogP contribution in [0, 0.1) is 0 Å². The maximum atomic E-state index is 13.4. The molecule has 1 atom stereocenters. The van der Waals surface area contributed by atoms with Crippen LogP contribution in [-0.4, -0.2) is 31.0 Å². The van der Waals surface area contributed by atoms with Crippen LogP contribution < -0.4 is 10.1 Å². The van der Waals surface area contributed by atoms with Crippen molar-refractivity contribution < 1.29 is 9.53 Å². The van der Waals surface area contributed by atoms with E-state index in [4.69, 9.17) is 16.3 Å². The molecule has 0 saturated carbocycles. The number of anilines is 1. The summed E-state index contributed by atoms with van der Waals surface area (Å²) in [6, 6.07) is 25.2. The molecular weight excluding hydrogens is 408 g/mol. The van der Waals surface area contributed by atoms with E-state index < -0.39 is 6.04 Å². The van der Waals surface area contributed by atoms with Crippen LogP contribution in [0.15, 0.2) is 84.9 Å². The van der Waals surface area contributed by atoms with Crippen LogP contribution in [0.2, 0.25) is 5.02 Å². The molecule has 3 aromatic carbocycles. The van der Waals surface area contributed by atoms with Crippen LogP contribution >= 0.6 is 11.6 Å². The number of rotatable bonds is 6. The van der Waals surface area contributed by atoms with Gasteiger partial charge in [-0.3, -0.25) is 9.69 Å². The summed E-state index contributed by atoms with van der Waals surface area (Å²) in [5.41, 5.74) is 4.19. The van der Waals surface area contributed by atoms with Crippen molar-refractivity contribution in [1.29, 1.82) is 0 Å². The molecule has 0 saturated heterocycles. The van der Waals surface area contributed by atoms with E-state index in [1.54, 1.807) is 25.3 Å². The molecule has 1 aliphatic heterocycles. The molecule has 1 amide bonds. The first kappa shape index (κ1) is 21.2. The molecule has 3 aromatic rings. The van der Waals surface area contributed by atoms with Crippen LogP contribution in [0.25, 0.3) is 5.57 Å². The van der Waals surface area contributed by atoms with Gasteiger partial charge in [-0.05, 0) is 41.3 Å². The number of hydrogen-bond acceptors (Lipinski definition) is 3. The highest BCUT2D eigenvalue weighted by Crippen LogP contribution is 2.31. The van der Waals surface area contributed by atoms with Crippen LogP contribution in [0.4, 0.5) is 5.69 Å². The zero-order chi connectivity index (χ0) is 21.6. The van der Waals surface area contributed by atoms with Gasteiger partial charge >= 0.3 is 0 Å². The van der Waals surface area contributed by atoms with E-state index in [0.29, 0.717) is 23.0 Å². The Morgan fingerprint density at radius 3 is 2.35 bits per heavy atom. The van der Waals surface area contributed by atoms with E-state index in [1.807, 2.05) is 36.4 Å². The molecular formula is C26H25ClN2O2. The van der Waals surface area contributed by atoms with Crippen molar-refractivity contribution in [2.75, 3.05) is 25.5 Å². The Kier molecular flexibility index (Phi) is 6.70. The highest BCUT2D eigenvalue weighted by Gasteiger charge is 2.29. The Morgan fingerprint density at radius 2 is 1.74 bits per heavy atom. The third-order valence-electron chi connectivity index (χ3n) is 5.53. The van der Waals surface area contributed by atoms with Gasteiger partial charge in [0.2, 0.25) is 5.91 Å². The molecule has 0 aliphatic carbocycles. The molecule has 5 heteroatoms. The van der Waals surface area contributed by atoms with E-state index in [1.165, 1.54) is 11.1 Å². The van der Waals surface area contributed by atoms with Gasteiger partial charge in [-0.2, -0.15) is 0 Å². The Balaban J connectivity index is 1.56. The lowest BCUT2D eigenvalue weighted by atomic mass is 9.96. The van der Waals surface area contributed by atoms with Gasteiger partial charge in [-0.15, -0.1) is 0 Å². The number of methoxy groups -OCH3 is 1. The normalized spacial score (nSPS) is 15.1. The van der Waals surface area contributed by atoms with Crippen molar-refractivity contribution >= 4 is 28.8 Å². The number of halogens is 1. The minimum Gasteiger partial charge on any atom is -0.495 e. The van der Waals surface area contributed by atoms with Gasteiger partial charge in [-0.1, -0.05) is 78.3 Å². The molecule has 31 heavy (non-hydrogen) atoms. The van der Waals surface area contributed by atoms with Gasteiger partial charge in [0.25, 0.3) is 0 Å². The molecule has 0 radical (unpaired) electrons. The van der Waals surface area contributed by atoms with E-state index in [0.717, 1.165) is 18.5 Å². The molecule has 158 valence electrons. The van der Waals surface area contributed by atoms with Crippen molar-refractivity contribution in [2.24, 2.45) is 0 Å². The second kappa shape index (κ2) is 9.82. The Bertz CT molecular complexity index is 1070. The van der Waals surface area contributed by atoms with Crippen molar-refractivity contribution in [2.45, 2.75) is 12.5 Å². The number of amides is 1. The minimum atomic E-state index is -0.393. The zero-order valence-electron chi connectivity index (χ0n) is 17.4. The summed E-state index contributed by atoms with van der Waals surface area (Å²) in [6.45, 7) is 1.51. The first-order valence-electron chi connectivity index (χ1n) is 10.3. The molecule has 0 aromatic heterocycles. The smallest absolute Gasteiger partial charge is 0.246 e. The predicted molar refractivity (Wildman–Crippen MR) is 126 cm³/mol. The average molecular weight is 433 g/mol. The summed E-state index contributed by atoms with van der Waals surface area (Å²) in [5, 5.41) is 3.49. The van der Waals surface area contributed by atoms with Gasteiger partial charge in [-0.25, -0.2) is 0 Å². The Morgan fingerprint density at radius 1 is 1.03 bits per heavy atom. The summed E-state index contributed by atoms with van der Waals surface area (Å²) in [6.07, 6.45) is 3.13. The molecule has 1 heterocycles. The summed E-state index contributed by atoms with van der Waals surface area (Å²) < 4.78 is 5.20. The quantitative estimate of drug-likeness (QED) is 0.533. The summed E-state index contributed by atoms with van der Waals surface area (Å²) in [7, 11) is 1.57. The van der Waals surface area contributed by atoms with Gasteiger partial charge in [0, 0.05) is 18.8 Å². The van der Waals surface area contributed by atoms with E-state index in [9.17, 15) is 4.79 Å². The maximum Gasteiger partial charge on any atom is 0.246 e. The largest absolute Gasteiger partial charge is 0.495 e. The zero-order valence-corrected chi connectivity index (χ0v) is 18.2. The monoisotopic (exact) mass is 432 g/mol. The highest BCUT2D eigenvalue weighted by atomic mass is 35.5. The average Bonchev–Trinajstić information content (AvgIpc) is 2.81. The maximum absolute atomic E-state index is 13.4. The van der Waals surface area contributed by atoms with Gasteiger partial charge in [0.1, 0.15) is 11.8 Å². The second-order valence-electron chi connectivity index (χ2n) is 7.49. The fourth-order valence-electron chi connectivity index (χ4n) is 3.95. The number of carbonyl (C=O) groups excluding carboxylic acids is 1. The molecule has 1 N–H and O–H groups in total. The minimum absolute atomic E-state index is 0.0796. The molecule has 1 aliphatic rings. The predicted octanol–water partition coefficient (Wildman–Crippen LogP) is 5.82. The number of hydrogen-bond donors (Lipinski definition) is 1. The molecule has 4 rings (SSSR count). The van der Waals surface area contributed by atoms with Gasteiger partial charge in [0.05, 0.1) is 12.1 Å². The van der Waals surface area contributed by atoms with E-state index in [2.05, 4.69) is 40.6 Å². The number of benzene rings is 3. The van der Waals surface area contributed by atoms with Crippen LogP contribution in [-0.2, 0) is 4.79 Å². The van der Waals surface area contributed by atoms with E-state index in [-0.39, 0.29) is 5.91 Å². The highest BCUT2D eigenvalue weighted by molar-refractivity contribution is 6.32. The lowest BCUT2D eigenvalue weighted by Crippen LogP contribution is -2.39. The summed E-state index contributed by atoms with van der Waals surface area (Å²) >= 11 is 6.24. The number of nitrogens with one attached hydrogen (secondary N) is 1. The standard InChI is InChI=1S/C26H25ClN2O2/c1-31-24-13-12-22(18-23(24)27)28-26(30)25(21-10-6-3-7-11-21)29-16-14-20(15-17-29)19-8-4-2-5-9-19/h2-14,18,25H,15-17H2,1H3,(H,28,30)/t25-/m1/s1. The lowest BCUT2D eigenvalue weighted by Gasteiger charge is -2.33. The second-order valence-corrected chi connectivity index (χ2v) is 7.90. The molecule has 4 nitrogen and oxygen atoms in total. The van der Waals surface area contributed by atoms with Crippen molar-refractivity contribution in [3.8, 4) is 5.75 Å². The topological polar surface area (TPSA) is 41.6 Å². The first-order chi connectivity index (χ1) is 15.2. The number of nitrogens with zero attached hydrogens (tertiary/aromatic N) is 1. The number of carbonyl (C=O) groups is 1. The Labute approximate surface area is 188 Å². The first-order valence-corrected chi connectivity index (χ1v) is 10.7. The fraction of sp³-hybridized carbons (Fsp3) is 0.192. The van der Waals surface area contributed by atoms with Crippen LogP contribution in [0.5, 0.6) is 5.75 Å². The fourth-order valence-corrected chi connectivity index (χ4v) is 4.21. The molecule has 0 bridgehead atoms.